The summed E-state index contributed by atoms with van der Waals surface area (Å²) in [5, 5.41) is 1.22. The Labute approximate surface area is 118 Å². The van der Waals surface area contributed by atoms with Gasteiger partial charge in [-0.15, -0.1) is 4.72 Å². The number of hydrogen-bond acceptors (Lipinski definition) is 2. The number of fused-ring (bicyclic) bond motifs is 1. The molecule has 1 heterocycles. The molecule has 3 nitrogen and oxygen atoms in total. The number of hydrogen-bond donors (Lipinski definition) is 1. The Morgan fingerprint density at radius 2 is 1.95 bits per heavy atom. The maximum absolute atomic E-state index is 12.1. The molecular formula is C15H22N2OS. The van der Waals surface area contributed by atoms with E-state index in [1.165, 1.54) is 10.9 Å². The molecule has 19 heavy (non-hydrogen) atoms. The van der Waals surface area contributed by atoms with Crippen LogP contribution < -0.4 is 4.72 Å². The number of benzene rings is 1. The minimum Gasteiger partial charge on any atom is -0.598 e. The van der Waals surface area contributed by atoms with Crippen molar-refractivity contribution in [1.82, 2.24) is 9.29 Å². The van der Waals surface area contributed by atoms with E-state index in [0.717, 1.165) is 5.56 Å². The van der Waals surface area contributed by atoms with Crippen molar-refractivity contribution in [2.75, 3.05) is 0 Å². The van der Waals surface area contributed by atoms with E-state index in [0.29, 0.717) is 0 Å². The van der Waals surface area contributed by atoms with E-state index in [9.17, 15) is 4.55 Å². The third kappa shape index (κ3) is 3.14. The van der Waals surface area contributed by atoms with Crippen LogP contribution in [0.25, 0.3) is 10.9 Å². The van der Waals surface area contributed by atoms with Crippen molar-refractivity contribution in [1.29, 1.82) is 0 Å². The van der Waals surface area contributed by atoms with Crippen LogP contribution in [0.5, 0.6) is 0 Å². The maximum Gasteiger partial charge on any atom is 0.136 e. The van der Waals surface area contributed by atoms with Gasteiger partial charge in [0.1, 0.15) is 4.75 Å². The average Bonchev–Trinajstić information content (AvgIpc) is 2.69. The lowest BCUT2D eigenvalue weighted by Crippen LogP contribution is -2.40. The molecule has 0 aliphatic heterocycles. The summed E-state index contributed by atoms with van der Waals surface area (Å²) >= 11 is -1.05. The molecule has 4 heteroatoms. The maximum atomic E-state index is 12.1. The Morgan fingerprint density at radius 1 is 1.26 bits per heavy atom. The Bertz CT molecular complexity index is 571. The van der Waals surface area contributed by atoms with E-state index in [1.54, 1.807) is 0 Å². The second-order valence-electron chi connectivity index (χ2n) is 5.97. The van der Waals surface area contributed by atoms with Gasteiger partial charge < -0.3 is 9.12 Å². The molecule has 0 aliphatic carbocycles. The van der Waals surface area contributed by atoms with Crippen LogP contribution in [0.3, 0.4) is 0 Å². The minimum absolute atomic E-state index is 0.0738. The van der Waals surface area contributed by atoms with Crippen LogP contribution in [0.1, 0.15) is 39.3 Å². The number of nitrogens with one attached hydrogen (secondary N) is 1. The predicted octanol–water partition coefficient (Wildman–Crippen LogP) is 3.29. The van der Waals surface area contributed by atoms with Gasteiger partial charge in [-0.2, -0.15) is 0 Å². The quantitative estimate of drug-likeness (QED) is 0.875. The second-order valence-corrected chi connectivity index (χ2v) is 7.96. The van der Waals surface area contributed by atoms with Crippen molar-refractivity contribution in [3.05, 3.63) is 36.0 Å². The van der Waals surface area contributed by atoms with Crippen LogP contribution in [0.2, 0.25) is 0 Å². The van der Waals surface area contributed by atoms with Gasteiger partial charge in [-0.3, -0.25) is 0 Å². The van der Waals surface area contributed by atoms with Crippen molar-refractivity contribution in [3.63, 3.8) is 0 Å². The van der Waals surface area contributed by atoms with Crippen molar-refractivity contribution >= 4 is 22.3 Å². The lowest BCUT2D eigenvalue weighted by Gasteiger charge is -2.26. The molecule has 2 rings (SSSR count). The predicted molar refractivity (Wildman–Crippen MR) is 82.4 cm³/mol. The van der Waals surface area contributed by atoms with E-state index in [-0.39, 0.29) is 10.8 Å². The Balaban J connectivity index is 2.19. The molecule has 104 valence electrons. The first kappa shape index (κ1) is 14.4. The number of rotatable bonds is 3. The summed E-state index contributed by atoms with van der Waals surface area (Å²) in [6.45, 7) is 7.98. The highest BCUT2D eigenvalue weighted by molar-refractivity contribution is 7.90. The van der Waals surface area contributed by atoms with Gasteiger partial charge in [0.25, 0.3) is 0 Å². The van der Waals surface area contributed by atoms with E-state index in [2.05, 4.69) is 39.8 Å². The summed E-state index contributed by atoms with van der Waals surface area (Å²) < 4.78 is 17.1. The summed E-state index contributed by atoms with van der Waals surface area (Å²) in [6, 6.07) is 8.55. The summed E-state index contributed by atoms with van der Waals surface area (Å²) in [4.78, 5) is 0. The van der Waals surface area contributed by atoms with Gasteiger partial charge in [0, 0.05) is 30.1 Å². The van der Waals surface area contributed by atoms with Gasteiger partial charge >= 0.3 is 0 Å². The van der Waals surface area contributed by atoms with Crippen LogP contribution in [-0.2, 0) is 18.4 Å². The normalized spacial score (nSPS) is 15.7. The van der Waals surface area contributed by atoms with Crippen LogP contribution in [0.4, 0.5) is 0 Å². The first-order chi connectivity index (χ1) is 8.79. The summed E-state index contributed by atoms with van der Waals surface area (Å²) in [5.41, 5.74) is 2.38. The molecule has 0 fully saturated rings. The smallest absolute Gasteiger partial charge is 0.136 e. The Kier molecular flexibility index (Phi) is 3.95. The first-order valence-corrected chi connectivity index (χ1v) is 7.67. The molecule has 0 spiro atoms. The molecule has 1 aromatic heterocycles. The van der Waals surface area contributed by atoms with Gasteiger partial charge in [-0.1, -0.05) is 6.07 Å². The van der Waals surface area contributed by atoms with Gasteiger partial charge in [0.15, 0.2) is 0 Å². The monoisotopic (exact) mass is 278 g/mol. The van der Waals surface area contributed by atoms with Crippen LogP contribution in [-0.4, -0.2) is 13.9 Å². The molecule has 0 saturated heterocycles. The molecular weight excluding hydrogens is 256 g/mol. The summed E-state index contributed by atoms with van der Waals surface area (Å²) in [7, 11) is 2.04. The first-order valence-electron chi connectivity index (χ1n) is 6.52. The number of aryl methyl sites for hydroxylation is 1. The van der Waals surface area contributed by atoms with E-state index in [1.807, 2.05) is 34.7 Å². The molecule has 1 N–H and O–H groups in total. The zero-order chi connectivity index (χ0) is 14.2. The molecule has 0 amide bonds. The summed E-state index contributed by atoms with van der Waals surface area (Å²) in [5.74, 6) is 0. The SMILES string of the molecule is C[C@H](N[S+]([O-])C(C)(C)C)c1ccc2c(ccn2C)c1. The van der Waals surface area contributed by atoms with Crippen LogP contribution in [0.15, 0.2) is 30.5 Å². The van der Waals surface area contributed by atoms with Gasteiger partial charge in [-0.25, -0.2) is 0 Å². The molecule has 1 aromatic carbocycles. The third-order valence-corrected chi connectivity index (χ3v) is 4.93. The van der Waals surface area contributed by atoms with Crippen molar-refractivity contribution < 1.29 is 4.55 Å². The zero-order valence-electron chi connectivity index (χ0n) is 12.2. The minimum atomic E-state index is -1.05. The molecule has 2 atom stereocenters. The fraction of sp³-hybridized carbons (Fsp3) is 0.467. The molecule has 0 bridgehead atoms. The molecule has 0 radical (unpaired) electrons. The lowest BCUT2D eigenvalue weighted by molar-refractivity contribution is 0.531. The van der Waals surface area contributed by atoms with Crippen molar-refractivity contribution in [2.24, 2.45) is 7.05 Å². The third-order valence-electron chi connectivity index (χ3n) is 3.25. The zero-order valence-corrected chi connectivity index (χ0v) is 13.0. The standard InChI is InChI=1S/C15H22N2OS/c1-11(16-19(18)15(2,3)4)12-6-7-14-13(10-12)8-9-17(14)5/h6-11,16H,1-5H3/t11-,19?/m0/s1. The van der Waals surface area contributed by atoms with Gasteiger partial charge in [-0.05, 0) is 56.8 Å². The molecule has 1 unspecified atom stereocenters. The second kappa shape index (κ2) is 5.19. The lowest BCUT2D eigenvalue weighted by atomic mass is 10.1. The number of nitrogens with zero attached hydrogens (tertiary/aromatic N) is 1. The highest BCUT2D eigenvalue weighted by atomic mass is 32.2. The fourth-order valence-electron chi connectivity index (χ4n) is 1.97. The molecule has 0 saturated carbocycles. The Hall–Kier alpha value is -0.970. The van der Waals surface area contributed by atoms with E-state index >= 15 is 0 Å². The van der Waals surface area contributed by atoms with Crippen molar-refractivity contribution in [2.45, 2.75) is 38.5 Å². The molecule has 0 aliphatic rings. The highest BCUT2D eigenvalue weighted by Gasteiger charge is 2.28. The summed E-state index contributed by atoms with van der Waals surface area (Å²) in [6.07, 6.45) is 2.06. The van der Waals surface area contributed by atoms with E-state index < -0.39 is 11.4 Å². The van der Waals surface area contributed by atoms with Crippen molar-refractivity contribution in [3.8, 4) is 0 Å². The Morgan fingerprint density at radius 3 is 2.58 bits per heavy atom. The van der Waals surface area contributed by atoms with Crippen LogP contribution >= 0.6 is 0 Å². The average molecular weight is 278 g/mol. The van der Waals surface area contributed by atoms with Gasteiger partial charge in [0.2, 0.25) is 0 Å². The highest BCUT2D eigenvalue weighted by Crippen LogP contribution is 2.23. The topological polar surface area (TPSA) is 40.0 Å². The largest absolute Gasteiger partial charge is 0.598 e. The van der Waals surface area contributed by atoms with Crippen LogP contribution in [0, 0.1) is 0 Å². The molecule has 2 aromatic rings. The van der Waals surface area contributed by atoms with E-state index in [4.69, 9.17) is 0 Å². The van der Waals surface area contributed by atoms with Gasteiger partial charge in [0.05, 0.1) is 6.04 Å². The fourth-order valence-corrected chi connectivity index (χ4v) is 2.79. The number of aromatic nitrogens is 1.